The van der Waals surface area contributed by atoms with Crippen molar-refractivity contribution in [2.75, 3.05) is 6.54 Å². The third-order valence-corrected chi connectivity index (χ3v) is 3.74. The van der Waals surface area contributed by atoms with E-state index < -0.39 is 29.5 Å². The number of allylic oxidation sites excluding steroid dienone is 1. The van der Waals surface area contributed by atoms with Gasteiger partial charge in [0.05, 0.1) is 0 Å². The number of carbonyl (C=O) groups excluding carboxylic acids is 2. The highest BCUT2D eigenvalue weighted by Gasteiger charge is 2.20. The van der Waals surface area contributed by atoms with Gasteiger partial charge in [0.25, 0.3) is 0 Å². The monoisotopic (exact) mass is 364 g/mol. The highest BCUT2D eigenvalue weighted by Crippen LogP contribution is 2.11. The number of hydrogen-bond acceptors (Lipinski definition) is 2. The molecule has 0 aliphatic carbocycles. The maximum absolute atomic E-state index is 13.4. The van der Waals surface area contributed by atoms with E-state index in [1.807, 2.05) is 6.92 Å². The molecule has 4 nitrogen and oxygen atoms in total. The lowest BCUT2D eigenvalue weighted by molar-refractivity contribution is -0.126. The largest absolute Gasteiger partial charge is 0.351 e. The molecule has 0 saturated heterocycles. The van der Waals surface area contributed by atoms with Crippen LogP contribution in [0.25, 0.3) is 0 Å². The predicted octanol–water partition coefficient (Wildman–Crippen LogP) is 3.29. The van der Waals surface area contributed by atoms with E-state index in [2.05, 4.69) is 24.1 Å². The van der Waals surface area contributed by atoms with Gasteiger partial charge in [-0.25, -0.2) is 8.78 Å². The van der Waals surface area contributed by atoms with E-state index in [1.54, 1.807) is 6.08 Å². The highest BCUT2D eigenvalue weighted by molar-refractivity contribution is 5.93. The van der Waals surface area contributed by atoms with Crippen molar-refractivity contribution in [2.24, 2.45) is 5.92 Å². The Kier molecular flexibility index (Phi) is 9.26. The molecule has 2 atom stereocenters. The predicted molar refractivity (Wildman–Crippen MR) is 98.4 cm³/mol. The summed E-state index contributed by atoms with van der Waals surface area (Å²) in [5.41, 5.74) is 0.282. The number of halogens is 2. The number of carbonyl (C=O) groups is 2. The van der Waals surface area contributed by atoms with Gasteiger partial charge in [0.1, 0.15) is 17.7 Å². The molecular formula is C20H26F2N2O2. The Morgan fingerprint density at radius 1 is 1.23 bits per heavy atom. The fraction of sp³-hybridized carbons (Fsp3) is 0.400. The molecule has 1 aromatic rings. The minimum absolute atomic E-state index is 0.0260. The molecule has 2 N–H and O–H groups in total. The third kappa shape index (κ3) is 8.05. The molecule has 1 unspecified atom stereocenters. The quantitative estimate of drug-likeness (QED) is 0.494. The molecule has 1 rings (SSSR count). The van der Waals surface area contributed by atoms with Crippen molar-refractivity contribution in [2.45, 2.75) is 39.2 Å². The minimum atomic E-state index is -0.949. The van der Waals surface area contributed by atoms with Gasteiger partial charge in [0, 0.05) is 19.0 Å². The summed E-state index contributed by atoms with van der Waals surface area (Å²) in [7, 11) is 0. The average Bonchev–Trinajstić information content (AvgIpc) is 2.56. The number of rotatable bonds is 10. The molecule has 0 aliphatic heterocycles. The smallest absolute Gasteiger partial charge is 0.244 e. The number of hydrogen-bond donors (Lipinski definition) is 2. The van der Waals surface area contributed by atoms with Gasteiger partial charge < -0.3 is 10.6 Å². The first-order valence-corrected chi connectivity index (χ1v) is 8.68. The second-order valence-electron chi connectivity index (χ2n) is 6.20. The summed E-state index contributed by atoms with van der Waals surface area (Å²) >= 11 is 0. The lowest BCUT2D eigenvalue weighted by Gasteiger charge is -2.17. The van der Waals surface area contributed by atoms with E-state index >= 15 is 0 Å². The Morgan fingerprint density at radius 3 is 2.46 bits per heavy atom. The van der Waals surface area contributed by atoms with Crippen LogP contribution >= 0.6 is 0 Å². The second kappa shape index (κ2) is 11.2. The average molecular weight is 364 g/mol. The van der Waals surface area contributed by atoms with Crippen molar-refractivity contribution in [1.29, 1.82) is 0 Å². The lowest BCUT2D eigenvalue weighted by Crippen LogP contribution is -2.47. The molecule has 0 radical (unpaired) electrons. The molecule has 0 saturated carbocycles. The van der Waals surface area contributed by atoms with Crippen LogP contribution in [-0.2, 0) is 16.0 Å². The van der Waals surface area contributed by atoms with E-state index in [0.29, 0.717) is 0 Å². The molecule has 2 amide bonds. The lowest BCUT2D eigenvalue weighted by atomic mass is 10.0. The zero-order chi connectivity index (χ0) is 19.5. The van der Waals surface area contributed by atoms with Gasteiger partial charge in [-0.1, -0.05) is 32.4 Å². The van der Waals surface area contributed by atoms with Crippen LogP contribution in [-0.4, -0.2) is 24.4 Å². The van der Waals surface area contributed by atoms with Crippen molar-refractivity contribution in [3.63, 3.8) is 0 Å². The van der Waals surface area contributed by atoms with Crippen LogP contribution in [0.2, 0.25) is 0 Å². The normalized spacial score (nSPS) is 13.2. The maximum atomic E-state index is 13.4. The van der Waals surface area contributed by atoms with E-state index in [-0.39, 0.29) is 24.4 Å². The number of benzene rings is 1. The highest BCUT2D eigenvalue weighted by atomic mass is 19.1. The van der Waals surface area contributed by atoms with Gasteiger partial charge in [0.15, 0.2) is 0 Å². The van der Waals surface area contributed by atoms with Crippen LogP contribution in [0, 0.1) is 17.6 Å². The van der Waals surface area contributed by atoms with Gasteiger partial charge in [-0.2, -0.15) is 0 Å². The van der Waals surface area contributed by atoms with Crippen LogP contribution in [0.3, 0.4) is 0 Å². The zero-order valence-electron chi connectivity index (χ0n) is 15.2. The van der Waals surface area contributed by atoms with Crippen molar-refractivity contribution < 1.29 is 18.4 Å². The van der Waals surface area contributed by atoms with E-state index in [1.165, 1.54) is 12.2 Å². The van der Waals surface area contributed by atoms with Crippen molar-refractivity contribution in [1.82, 2.24) is 10.6 Å². The zero-order valence-corrected chi connectivity index (χ0v) is 15.2. The van der Waals surface area contributed by atoms with E-state index in [0.717, 1.165) is 31.0 Å². The first-order valence-electron chi connectivity index (χ1n) is 8.68. The topological polar surface area (TPSA) is 58.2 Å². The van der Waals surface area contributed by atoms with Crippen LogP contribution in [0.5, 0.6) is 0 Å². The van der Waals surface area contributed by atoms with Gasteiger partial charge >= 0.3 is 0 Å². The van der Waals surface area contributed by atoms with E-state index in [9.17, 15) is 18.4 Å². The molecule has 0 aromatic heterocycles. The molecule has 6 heteroatoms. The Bertz CT molecular complexity index is 639. The summed E-state index contributed by atoms with van der Waals surface area (Å²) in [6.45, 7) is 7.80. The minimum Gasteiger partial charge on any atom is -0.351 e. The van der Waals surface area contributed by atoms with Gasteiger partial charge in [-0.05, 0) is 36.1 Å². The molecular weight excluding hydrogens is 338 g/mol. The molecule has 0 heterocycles. The SMILES string of the molecule is C=CCNC(=O)[C@H](Cc1cc(F)cc(F)c1)NC(=O)/C=C/C(C)CCC. The van der Waals surface area contributed by atoms with E-state index in [4.69, 9.17) is 0 Å². The first kappa shape index (κ1) is 21.5. The molecule has 0 bridgehead atoms. The summed E-state index contributed by atoms with van der Waals surface area (Å²) in [5, 5.41) is 5.18. The first-order chi connectivity index (χ1) is 12.3. The Balaban J connectivity index is 2.85. The van der Waals surface area contributed by atoms with Crippen molar-refractivity contribution >= 4 is 11.8 Å². The third-order valence-electron chi connectivity index (χ3n) is 3.74. The van der Waals surface area contributed by atoms with Gasteiger partial charge in [-0.3, -0.25) is 9.59 Å². The molecule has 0 aliphatic rings. The molecule has 26 heavy (non-hydrogen) atoms. The van der Waals surface area contributed by atoms with Gasteiger partial charge in [-0.15, -0.1) is 6.58 Å². The summed E-state index contributed by atoms with van der Waals surface area (Å²) in [6, 6.07) is 2.09. The fourth-order valence-corrected chi connectivity index (χ4v) is 2.49. The van der Waals surface area contributed by atoms with Crippen LogP contribution in [0.15, 0.2) is 43.0 Å². The number of amides is 2. The van der Waals surface area contributed by atoms with Gasteiger partial charge in [0.2, 0.25) is 11.8 Å². The van der Waals surface area contributed by atoms with Crippen LogP contribution < -0.4 is 10.6 Å². The van der Waals surface area contributed by atoms with Crippen molar-refractivity contribution in [3.05, 3.63) is 60.2 Å². The summed E-state index contributed by atoms with van der Waals surface area (Å²) in [5.74, 6) is -2.09. The summed E-state index contributed by atoms with van der Waals surface area (Å²) in [6.07, 6.45) is 6.60. The number of nitrogens with one attached hydrogen (secondary N) is 2. The van der Waals surface area contributed by atoms with Crippen molar-refractivity contribution in [3.8, 4) is 0 Å². The molecule has 0 spiro atoms. The van der Waals surface area contributed by atoms with Crippen LogP contribution in [0.1, 0.15) is 32.3 Å². The maximum Gasteiger partial charge on any atom is 0.244 e. The molecule has 1 aromatic carbocycles. The van der Waals surface area contributed by atoms with Crippen LogP contribution in [0.4, 0.5) is 8.78 Å². The molecule has 0 fully saturated rings. The second-order valence-corrected chi connectivity index (χ2v) is 6.20. The standard InChI is InChI=1S/C20H26F2N2O2/c1-4-6-14(3)7-8-19(25)24-18(20(26)23-9-5-2)12-15-10-16(21)13-17(22)11-15/h5,7-8,10-11,13-14,18H,2,4,6,9,12H2,1,3H3,(H,23,26)(H,24,25)/b8-7+/t14?,18-/m0/s1. The fourth-order valence-electron chi connectivity index (χ4n) is 2.49. The Hall–Kier alpha value is -2.50. The molecule has 142 valence electrons. The summed E-state index contributed by atoms with van der Waals surface area (Å²) in [4.78, 5) is 24.4. The summed E-state index contributed by atoms with van der Waals surface area (Å²) < 4.78 is 26.7. The Morgan fingerprint density at radius 2 is 1.88 bits per heavy atom. The Labute approximate surface area is 153 Å².